The van der Waals surface area contributed by atoms with Gasteiger partial charge in [-0.2, -0.15) is 0 Å². The molecule has 1 unspecified atom stereocenters. The summed E-state index contributed by atoms with van der Waals surface area (Å²) in [5.74, 6) is 0.740. The Morgan fingerprint density at radius 3 is 2.45 bits per heavy atom. The van der Waals surface area contributed by atoms with Crippen LogP contribution < -0.4 is 10.1 Å². The minimum absolute atomic E-state index is 0.0548. The van der Waals surface area contributed by atoms with Crippen LogP contribution in [0.3, 0.4) is 0 Å². The molecule has 4 heteroatoms. The zero-order valence-corrected chi connectivity index (χ0v) is 13.2. The predicted octanol–water partition coefficient (Wildman–Crippen LogP) is 4.62. The largest absolute Gasteiger partial charge is 0.497 e. The number of rotatable bonds is 4. The normalized spacial score (nSPS) is 12.2. The van der Waals surface area contributed by atoms with Crippen molar-refractivity contribution in [3.63, 3.8) is 0 Å². The minimum atomic E-state index is -0.0548. The molecule has 0 heterocycles. The van der Waals surface area contributed by atoms with Crippen molar-refractivity contribution >= 4 is 23.2 Å². The van der Waals surface area contributed by atoms with E-state index < -0.39 is 0 Å². The van der Waals surface area contributed by atoms with E-state index in [-0.39, 0.29) is 6.04 Å². The van der Waals surface area contributed by atoms with Gasteiger partial charge < -0.3 is 10.1 Å². The Morgan fingerprint density at radius 2 is 1.85 bits per heavy atom. The van der Waals surface area contributed by atoms with Gasteiger partial charge in [0.25, 0.3) is 0 Å². The summed E-state index contributed by atoms with van der Waals surface area (Å²) in [6.45, 7) is 1.99. The van der Waals surface area contributed by atoms with Gasteiger partial charge in [0.05, 0.1) is 13.2 Å². The fourth-order valence-corrected chi connectivity index (χ4v) is 2.76. The Labute approximate surface area is 129 Å². The van der Waals surface area contributed by atoms with Gasteiger partial charge >= 0.3 is 0 Å². The van der Waals surface area contributed by atoms with Gasteiger partial charge in [-0.1, -0.05) is 47.5 Å². The molecule has 0 aliphatic rings. The number of hydrogen-bond donors (Lipinski definition) is 1. The quantitative estimate of drug-likeness (QED) is 0.890. The molecule has 0 fully saturated rings. The van der Waals surface area contributed by atoms with Crippen LogP contribution in [-0.4, -0.2) is 14.2 Å². The van der Waals surface area contributed by atoms with Gasteiger partial charge in [0.2, 0.25) is 0 Å². The van der Waals surface area contributed by atoms with Crippen LogP contribution in [0.1, 0.15) is 22.7 Å². The van der Waals surface area contributed by atoms with Crippen LogP contribution in [0.5, 0.6) is 5.75 Å². The maximum atomic E-state index is 6.42. The third kappa shape index (κ3) is 2.93. The number of methoxy groups -OCH3 is 1. The van der Waals surface area contributed by atoms with Crippen LogP contribution in [-0.2, 0) is 0 Å². The van der Waals surface area contributed by atoms with Crippen molar-refractivity contribution in [2.45, 2.75) is 13.0 Å². The van der Waals surface area contributed by atoms with Gasteiger partial charge in [0.1, 0.15) is 5.75 Å². The Bertz CT molecular complexity index is 613. The Morgan fingerprint density at radius 1 is 1.10 bits per heavy atom. The van der Waals surface area contributed by atoms with Crippen molar-refractivity contribution in [2.75, 3.05) is 14.2 Å². The molecule has 0 radical (unpaired) electrons. The molecule has 0 aliphatic carbocycles. The molecule has 2 nitrogen and oxygen atoms in total. The van der Waals surface area contributed by atoms with Crippen LogP contribution in [0.25, 0.3) is 0 Å². The van der Waals surface area contributed by atoms with E-state index in [1.165, 1.54) is 0 Å². The van der Waals surface area contributed by atoms with Crippen molar-refractivity contribution in [3.8, 4) is 5.75 Å². The average Bonchev–Trinajstić information content (AvgIpc) is 2.45. The monoisotopic (exact) mass is 309 g/mol. The second-order valence-corrected chi connectivity index (χ2v) is 5.37. The molecule has 0 aliphatic heterocycles. The lowest BCUT2D eigenvalue weighted by Crippen LogP contribution is -2.18. The molecule has 2 rings (SSSR count). The van der Waals surface area contributed by atoms with E-state index in [0.29, 0.717) is 5.02 Å². The summed E-state index contributed by atoms with van der Waals surface area (Å²) in [6.07, 6.45) is 0. The van der Waals surface area contributed by atoms with Crippen LogP contribution in [0.4, 0.5) is 0 Å². The Hall–Kier alpha value is -1.22. The summed E-state index contributed by atoms with van der Waals surface area (Å²) in [4.78, 5) is 0. The summed E-state index contributed by atoms with van der Waals surface area (Å²) in [7, 11) is 3.52. The minimum Gasteiger partial charge on any atom is -0.497 e. The van der Waals surface area contributed by atoms with Crippen molar-refractivity contribution in [2.24, 2.45) is 0 Å². The predicted molar refractivity (Wildman–Crippen MR) is 85.1 cm³/mol. The number of aryl methyl sites for hydroxylation is 1. The first-order valence-corrected chi connectivity index (χ1v) is 7.09. The maximum Gasteiger partial charge on any atom is 0.120 e. The molecule has 0 saturated carbocycles. The third-order valence-corrected chi connectivity index (χ3v) is 4.18. The third-order valence-electron chi connectivity index (χ3n) is 3.34. The van der Waals surface area contributed by atoms with Crippen molar-refractivity contribution < 1.29 is 4.74 Å². The molecule has 20 heavy (non-hydrogen) atoms. The standard InChI is InChI=1S/C16H17Cl2NO/c1-10-5-4-6-13(15(10)18)16(19-2)12-8-7-11(20-3)9-14(12)17/h4-9,16,19H,1-3H3. The lowest BCUT2D eigenvalue weighted by atomic mass is 9.97. The number of ether oxygens (including phenoxy) is 1. The number of nitrogens with one attached hydrogen (secondary N) is 1. The molecule has 106 valence electrons. The van der Waals surface area contributed by atoms with Gasteiger partial charge in [0, 0.05) is 10.0 Å². The first kappa shape index (κ1) is 15.2. The molecule has 0 bridgehead atoms. The van der Waals surface area contributed by atoms with E-state index in [4.69, 9.17) is 27.9 Å². The molecular formula is C16H17Cl2NO. The van der Waals surface area contributed by atoms with Gasteiger partial charge in [-0.05, 0) is 42.8 Å². The zero-order valence-electron chi connectivity index (χ0n) is 11.7. The van der Waals surface area contributed by atoms with Crippen molar-refractivity contribution in [1.82, 2.24) is 5.32 Å². The maximum absolute atomic E-state index is 6.42. The van der Waals surface area contributed by atoms with Crippen LogP contribution >= 0.6 is 23.2 Å². The first-order chi connectivity index (χ1) is 9.58. The summed E-state index contributed by atoms with van der Waals surface area (Å²) in [5, 5.41) is 4.69. The second-order valence-electron chi connectivity index (χ2n) is 4.59. The van der Waals surface area contributed by atoms with E-state index in [2.05, 4.69) is 5.32 Å². The van der Waals surface area contributed by atoms with Crippen LogP contribution in [0.2, 0.25) is 10.0 Å². The molecule has 1 N–H and O–H groups in total. The highest BCUT2D eigenvalue weighted by molar-refractivity contribution is 6.32. The number of halogens is 2. The van der Waals surface area contributed by atoms with Crippen LogP contribution in [0, 0.1) is 6.92 Å². The molecule has 1 atom stereocenters. The highest BCUT2D eigenvalue weighted by atomic mass is 35.5. The molecule has 0 saturated heterocycles. The first-order valence-electron chi connectivity index (χ1n) is 6.34. The van der Waals surface area contributed by atoms with E-state index in [0.717, 1.165) is 27.5 Å². The summed E-state index contributed by atoms with van der Waals surface area (Å²) >= 11 is 12.8. The van der Waals surface area contributed by atoms with E-state index >= 15 is 0 Å². The number of benzene rings is 2. The highest BCUT2D eigenvalue weighted by Crippen LogP contribution is 2.35. The average molecular weight is 310 g/mol. The fraction of sp³-hybridized carbons (Fsp3) is 0.250. The van der Waals surface area contributed by atoms with Crippen LogP contribution in [0.15, 0.2) is 36.4 Å². The summed E-state index contributed by atoms with van der Waals surface area (Å²) in [6, 6.07) is 11.6. The highest BCUT2D eigenvalue weighted by Gasteiger charge is 2.19. The van der Waals surface area contributed by atoms with Crippen molar-refractivity contribution in [1.29, 1.82) is 0 Å². The lowest BCUT2D eigenvalue weighted by molar-refractivity contribution is 0.414. The Kier molecular flexibility index (Phi) is 4.92. The van der Waals surface area contributed by atoms with E-state index in [1.807, 2.05) is 50.4 Å². The molecule has 0 spiro atoms. The second kappa shape index (κ2) is 6.49. The van der Waals surface area contributed by atoms with Gasteiger partial charge in [-0.3, -0.25) is 0 Å². The molecular weight excluding hydrogens is 293 g/mol. The molecule has 0 amide bonds. The topological polar surface area (TPSA) is 21.3 Å². The SMILES string of the molecule is CNC(c1ccc(OC)cc1Cl)c1cccc(C)c1Cl. The summed E-state index contributed by atoms with van der Waals surface area (Å²) in [5.41, 5.74) is 3.04. The van der Waals surface area contributed by atoms with Crippen molar-refractivity contribution in [3.05, 3.63) is 63.1 Å². The summed E-state index contributed by atoms with van der Waals surface area (Å²) < 4.78 is 5.18. The molecule has 2 aromatic rings. The fourth-order valence-electron chi connectivity index (χ4n) is 2.24. The van der Waals surface area contributed by atoms with E-state index in [1.54, 1.807) is 7.11 Å². The molecule has 0 aromatic heterocycles. The van der Waals surface area contributed by atoms with Gasteiger partial charge in [-0.15, -0.1) is 0 Å². The van der Waals surface area contributed by atoms with E-state index in [9.17, 15) is 0 Å². The Balaban J connectivity index is 2.50. The zero-order chi connectivity index (χ0) is 14.7. The smallest absolute Gasteiger partial charge is 0.120 e. The van der Waals surface area contributed by atoms with Gasteiger partial charge in [-0.25, -0.2) is 0 Å². The number of hydrogen-bond acceptors (Lipinski definition) is 2. The molecule has 2 aromatic carbocycles. The van der Waals surface area contributed by atoms with Gasteiger partial charge in [0.15, 0.2) is 0 Å². The lowest BCUT2D eigenvalue weighted by Gasteiger charge is -2.21.